The van der Waals surface area contributed by atoms with Crippen LogP contribution in [-0.2, 0) is 9.59 Å². The summed E-state index contributed by atoms with van der Waals surface area (Å²) < 4.78 is 27.7. The minimum Gasteiger partial charge on any atom is -0.334 e. The molecule has 1 fully saturated rings. The average Bonchev–Trinajstić information content (AvgIpc) is 2.75. The van der Waals surface area contributed by atoms with Gasteiger partial charge in [-0.15, -0.1) is 0 Å². The third-order valence-corrected chi connectivity index (χ3v) is 5.53. The fraction of sp³-hybridized carbons (Fsp3) is 0.261. The van der Waals surface area contributed by atoms with Crippen LogP contribution < -0.4 is 5.32 Å². The molecule has 30 heavy (non-hydrogen) atoms. The number of nitrogens with one attached hydrogen (secondary N) is 1. The quantitative estimate of drug-likeness (QED) is 0.647. The molecule has 0 bridgehead atoms. The molecule has 0 aliphatic carbocycles. The Kier molecular flexibility index (Phi) is 5.44. The molecule has 7 heteroatoms. The maximum Gasteiger partial charge on any atom is 0.313 e. The molecular formula is C23H21F2N3O2. The van der Waals surface area contributed by atoms with Crippen molar-refractivity contribution < 1.29 is 18.4 Å². The maximum atomic E-state index is 13.9. The highest BCUT2D eigenvalue weighted by Crippen LogP contribution is 2.32. The van der Waals surface area contributed by atoms with Crippen molar-refractivity contribution in [2.24, 2.45) is 0 Å². The van der Waals surface area contributed by atoms with Crippen molar-refractivity contribution in [3.8, 4) is 0 Å². The maximum absolute atomic E-state index is 13.9. The minimum absolute atomic E-state index is 0.0147. The number of pyridine rings is 1. The Morgan fingerprint density at radius 3 is 2.57 bits per heavy atom. The molecule has 0 unspecified atom stereocenters. The first kappa shape index (κ1) is 19.9. The van der Waals surface area contributed by atoms with E-state index in [1.165, 1.54) is 29.2 Å². The van der Waals surface area contributed by atoms with Crippen molar-refractivity contribution in [1.82, 2.24) is 9.88 Å². The van der Waals surface area contributed by atoms with Crippen molar-refractivity contribution in [3.63, 3.8) is 0 Å². The van der Waals surface area contributed by atoms with E-state index in [2.05, 4.69) is 10.3 Å². The number of carbonyl (C=O) groups excluding carboxylic acids is 2. The third kappa shape index (κ3) is 4.01. The number of benzene rings is 2. The molecule has 1 N–H and O–H groups in total. The summed E-state index contributed by atoms with van der Waals surface area (Å²) in [5.41, 5.74) is 2.44. The first-order chi connectivity index (χ1) is 14.4. The standard InChI is InChI=1S/C23H21F2N3O2/c1-14-2-4-21(19(25)12-14)27-22(29)23(30)28-10-7-15(8-11-28)17-6-9-26-20-5-3-16(24)13-18(17)20/h2-6,9,12-13,15H,7-8,10-11H2,1H3,(H,27,29). The Morgan fingerprint density at radius 2 is 1.83 bits per heavy atom. The van der Waals surface area contributed by atoms with Crippen molar-refractivity contribution in [3.05, 3.63) is 71.4 Å². The van der Waals surface area contributed by atoms with Gasteiger partial charge >= 0.3 is 11.8 Å². The first-order valence-corrected chi connectivity index (χ1v) is 9.83. The third-order valence-electron chi connectivity index (χ3n) is 5.53. The predicted molar refractivity (Wildman–Crippen MR) is 110 cm³/mol. The van der Waals surface area contributed by atoms with Gasteiger partial charge in [0.05, 0.1) is 11.2 Å². The highest BCUT2D eigenvalue weighted by atomic mass is 19.1. The number of aryl methyl sites for hydroxylation is 1. The molecule has 0 radical (unpaired) electrons. The van der Waals surface area contributed by atoms with E-state index in [9.17, 15) is 18.4 Å². The van der Waals surface area contributed by atoms with Gasteiger partial charge in [-0.05, 0) is 73.2 Å². The van der Waals surface area contributed by atoms with Crippen molar-refractivity contribution >= 4 is 28.4 Å². The van der Waals surface area contributed by atoms with Gasteiger partial charge in [-0.2, -0.15) is 0 Å². The van der Waals surface area contributed by atoms with Gasteiger partial charge in [-0.25, -0.2) is 8.78 Å². The van der Waals surface area contributed by atoms with Gasteiger partial charge in [0.2, 0.25) is 0 Å². The zero-order valence-corrected chi connectivity index (χ0v) is 16.5. The molecule has 1 saturated heterocycles. The zero-order valence-electron chi connectivity index (χ0n) is 16.5. The van der Waals surface area contributed by atoms with Crippen LogP contribution in [0.1, 0.15) is 29.9 Å². The molecule has 1 aliphatic rings. The summed E-state index contributed by atoms with van der Waals surface area (Å²) in [4.78, 5) is 30.6. The zero-order chi connectivity index (χ0) is 21.3. The van der Waals surface area contributed by atoms with Crippen LogP contribution in [-0.4, -0.2) is 34.8 Å². The second kappa shape index (κ2) is 8.18. The van der Waals surface area contributed by atoms with Gasteiger partial charge in [-0.1, -0.05) is 6.07 Å². The molecule has 0 atom stereocenters. The van der Waals surface area contributed by atoms with Crippen LogP contribution in [0.15, 0.2) is 48.7 Å². The van der Waals surface area contributed by atoms with Crippen LogP contribution >= 0.6 is 0 Å². The number of fused-ring (bicyclic) bond motifs is 1. The van der Waals surface area contributed by atoms with Crippen LogP contribution in [0.4, 0.5) is 14.5 Å². The molecule has 154 valence electrons. The monoisotopic (exact) mass is 409 g/mol. The Bertz CT molecular complexity index is 1120. The number of hydrogen-bond acceptors (Lipinski definition) is 3. The van der Waals surface area contributed by atoms with Gasteiger partial charge in [0, 0.05) is 24.7 Å². The fourth-order valence-electron chi connectivity index (χ4n) is 3.93. The van der Waals surface area contributed by atoms with Crippen molar-refractivity contribution in [1.29, 1.82) is 0 Å². The number of likely N-dealkylation sites (tertiary alicyclic amines) is 1. The molecule has 0 saturated carbocycles. The highest BCUT2D eigenvalue weighted by Gasteiger charge is 2.29. The Balaban J connectivity index is 1.42. The Hall–Kier alpha value is -3.35. The number of rotatable bonds is 2. The van der Waals surface area contributed by atoms with E-state index in [0.29, 0.717) is 25.9 Å². The minimum atomic E-state index is -0.854. The molecule has 1 aromatic heterocycles. The fourth-order valence-corrected chi connectivity index (χ4v) is 3.93. The largest absolute Gasteiger partial charge is 0.334 e. The van der Waals surface area contributed by atoms with E-state index in [0.717, 1.165) is 22.0 Å². The summed E-state index contributed by atoms with van der Waals surface area (Å²) in [6, 6.07) is 10.8. The van der Waals surface area contributed by atoms with Crippen LogP contribution in [0.25, 0.3) is 10.9 Å². The van der Waals surface area contributed by atoms with Crippen molar-refractivity contribution in [2.45, 2.75) is 25.7 Å². The lowest BCUT2D eigenvalue weighted by atomic mass is 9.87. The number of halogens is 2. The van der Waals surface area contributed by atoms with Crippen LogP contribution in [0.5, 0.6) is 0 Å². The molecule has 2 heterocycles. The SMILES string of the molecule is Cc1ccc(NC(=O)C(=O)N2CCC(c3ccnc4ccc(F)cc34)CC2)c(F)c1. The molecule has 5 nitrogen and oxygen atoms in total. The Morgan fingerprint density at radius 1 is 1.07 bits per heavy atom. The van der Waals surface area contributed by atoms with Crippen LogP contribution in [0.2, 0.25) is 0 Å². The summed E-state index contributed by atoms with van der Waals surface area (Å²) in [6.45, 7) is 2.53. The molecule has 1 aliphatic heterocycles. The number of aromatic nitrogens is 1. The molecule has 4 rings (SSSR count). The average molecular weight is 409 g/mol. The van der Waals surface area contributed by atoms with Gasteiger partial charge in [-0.3, -0.25) is 14.6 Å². The number of nitrogens with zero attached hydrogens (tertiary/aromatic N) is 2. The van der Waals surface area contributed by atoms with Gasteiger partial charge in [0.25, 0.3) is 0 Å². The Labute approximate surface area is 172 Å². The second-order valence-corrected chi connectivity index (χ2v) is 7.57. The highest BCUT2D eigenvalue weighted by molar-refractivity contribution is 6.39. The van der Waals surface area contributed by atoms with Gasteiger partial charge in [0.15, 0.2) is 0 Å². The number of anilines is 1. The topological polar surface area (TPSA) is 62.3 Å². The molecule has 0 spiro atoms. The summed E-state index contributed by atoms with van der Waals surface area (Å²) in [7, 11) is 0. The lowest BCUT2D eigenvalue weighted by molar-refractivity contribution is -0.143. The smallest absolute Gasteiger partial charge is 0.313 e. The number of piperidine rings is 1. The van der Waals surface area contributed by atoms with Crippen LogP contribution in [0.3, 0.4) is 0 Å². The molecule has 2 aromatic carbocycles. The summed E-state index contributed by atoms with van der Waals surface area (Å²) in [5.74, 6) is -2.29. The number of hydrogen-bond donors (Lipinski definition) is 1. The van der Waals surface area contributed by atoms with E-state index in [1.807, 2.05) is 6.07 Å². The van der Waals surface area contributed by atoms with Gasteiger partial charge in [0.1, 0.15) is 11.6 Å². The first-order valence-electron chi connectivity index (χ1n) is 9.83. The summed E-state index contributed by atoms with van der Waals surface area (Å²) >= 11 is 0. The molecular weight excluding hydrogens is 388 g/mol. The molecule has 2 amide bonds. The number of carbonyl (C=O) groups is 2. The van der Waals surface area contributed by atoms with E-state index in [1.54, 1.807) is 25.3 Å². The lowest BCUT2D eigenvalue weighted by Crippen LogP contribution is -2.44. The summed E-state index contributed by atoms with van der Waals surface area (Å²) in [6.07, 6.45) is 3.00. The predicted octanol–water partition coefficient (Wildman–Crippen LogP) is 4.17. The number of amides is 2. The van der Waals surface area contributed by atoms with E-state index >= 15 is 0 Å². The van der Waals surface area contributed by atoms with Crippen molar-refractivity contribution in [2.75, 3.05) is 18.4 Å². The normalized spacial score (nSPS) is 14.7. The molecule has 3 aromatic rings. The second-order valence-electron chi connectivity index (χ2n) is 7.57. The lowest BCUT2D eigenvalue weighted by Gasteiger charge is -2.32. The van der Waals surface area contributed by atoms with Gasteiger partial charge < -0.3 is 10.2 Å². The van der Waals surface area contributed by atoms with E-state index in [-0.39, 0.29) is 17.4 Å². The van der Waals surface area contributed by atoms with E-state index < -0.39 is 17.6 Å². The summed E-state index contributed by atoms with van der Waals surface area (Å²) in [5, 5.41) is 3.13. The van der Waals surface area contributed by atoms with E-state index in [4.69, 9.17) is 0 Å². The van der Waals surface area contributed by atoms with Crippen LogP contribution in [0, 0.1) is 18.6 Å².